The molecule has 0 fully saturated rings. The van der Waals surface area contributed by atoms with Crippen LogP contribution in [0.4, 0.5) is 4.39 Å². The first-order chi connectivity index (χ1) is 8.60. The van der Waals surface area contributed by atoms with Crippen LogP contribution in [0.3, 0.4) is 0 Å². The van der Waals surface area contributed by atoms with Gasteiger partial charge in [0.1, 0.15) is 5.82 Å². The highest BCUT2D eigenvalue weighted by atomic mass is 35.5. The summed E-state index contributed by atoms with van der Waals surface area (Å²) in [6.45, 7) is 2.05. The maximum Gasteiger partial charge on any atom is 0.141 e. The van der Waals surface area contributed by atoms with Gasteiger partial charge in [0, 0.05) is 23.4 Å². The molecule has 5 heteroatoms. The van der Waals surface area contributed by atoms with E-state index in [2.05, 4.69) is 11.9 Å². The van der Waals surface area contributed by atoms with Crippen molar-refractivity contribution in [2.24, 2.45) is 5.73 Å². The number of aromatic nitrogens is 1. The molecule has 0 radical (unpaired) electrons. The molecule has 1 atom stereocenters. The van der Waals surface area contributed by atoms with E-state index in [1.165, 1.54) is 6.07 Å². The zero-order valence-corrected chi connectivity index (χ0v) is 11.6. The van der Waals surface area contributed by atoms with E-state index >= 15 is 0 Å². The fraction of sp³-hybridized carbons (Fsp3) is 0.308. The van der Waals surface area contributed by atoms with Crippen LogP contribution in [0, 0.1) is 5.82 Å². The average molecular weight is 285 g/mol. The van der Waals surface area contributed by atoms with Crippen LogP contribution in [0.1, 0.15) is 18.4 Å². The highest BCUT2D eigenvalue weighted by molar-refractivity contribution is 7.09. The van der Waals surface area contributed by atoms with Crippen LogP contribution in [-0.4, -0.2) is 11.0 Å². The van der Waals surface area contributed by atoms with E-state index in [-0.39, 0.29) is 11.1 Å². The van der Waals surface area contributed by atoms with E-state index in [0.717, 1.165) is 29.1 Å². The standard InChI is InChI=1S/C13H14ClFN2S/c1-2-9(16)6-13-17-12(7-18-13)8-3-4-11(15)10(14)5-8/h3-5,7,9H,2,6,16H2,1H3. The van der Waals surface area contributed by atoms with E-state index in [9.17, 15) is 4.39 Å². The third kappa shape index (κ3) is 3.07. The molecule has 0 aliphatic rings. The number of halogens is 2. The first-order valence-corrected chi connectivity index (χ1v) is 7.01. The van der Waals surface area contributed by atoms with Crippen LogP contribution in [0.25, 0.3) is 11.3 Å². The fourth-order valence-electron chi connectivity index (χ4n) is 1.56. The molecular formula is C13H14ClFN2S. The highest BCUT2D eigenvalue weighted by Crippen LogP contribution is 2.26. The molecule has 2 aromatic rings. The fourth-order valence-corrected chi connectivity index (χ4v) is 2.64. The molecule has 0 aliphatic heterocycles. The van der Waals surface area contributed by atoms with E-state index in [1.54, 1.807) is 23.5 Å². The second-order valence-electron chi connectivity index (χ2n) is 4.13. The van der Waals surface area contributed by atoms with Crippen LogP contribution in [0.15, 0.2) is 23.6 Å². The van der Waals surface area contributed by atoms with Crippen molar-refractivity contribution in [3.63, 3.8) is 0 Å². The minimum Gasteiger partial charge on any atom is -0.327 e. The lowest BCUT2D eigenvalue weighted by atomic mass is 10.1. The summed E-state index contributed by atoms with van der Waals surface area (Å²) in [6, 6.07) is 4.77. The van der Waals surface area contributed by atoms with Gasteiger partial charge in [-0.05, 0) is 24.6 Å². The lowest BCUT2D eigenvalue weighted by Crippen LogP contribution is -2.21. The maximum atomic E-state index is 13.1. The molecule has 1 heterocycles. The second-order valence-corrected chi connectivity index (χ2v) is 5.48. The molecule has 0 saturated heterocycles. The van der Waals surface area contributed by atoms with E-state index in [4.69, 9.17) is 17.3 Å². The van der Waals surface area contributed by atoms with E-state index in [0.29, 0.717) is 0 Å². The molecule has 2 rings (SSSR count). The van der Waals surface area contributed by atoms with Crippen LogP contribution in [-0.2, 0) is 6.42 Å². The van der Waals surface area contributed by atoms with Crippen LogP contribution >= 0.6 is 22.9 Å². The summed E-state index contributed by atoms with van der Waals surface area (Å²) in [4.78, 5) is 4.50. The Morgan fingerprint density at radius 3 is 2.94 bits per heavy atom. The molecule has 0 bridgehead atoms. The van der Waals surface area contributed by atoms with Crippen molar-refractivity contribution in [3.8, 4) is 11.3 Å². The van der Waals surface area contributed by atoms with Crippen molar-refractivity contribution < 1.29 is 4.39 Å². The van der Waals surface area contributed by atoms with Crippen molar-refractivity contribution in [2.75, 3.05) is 0 Å². The molecule has 96 valence electrons. The van der Waals surface area contributed by atoms with Gasteiger partial charge in [0.25, 0.3) is 0 Å². The van der Waals surface area contributed by atoms with Crippen molar-refractivity contribution >= 4 is 22.9 Å². The lowest BCUT2D eigenvalue weighted by Gasteiger charge is -2.04. The van der Waals surface area contributed by atoms with Crippen molar-refractivity contribution in [1.29, 1.82) is 0 Å². The molecule has 0 spiro atoms. The number of rotatable bonds is 4. The Bertz CT molecular complexity index is 542. The van der Waals surface area contributed by atoms with Gasteiger partial charge in [-0.25, -0.2) is 9.37 Å². The van der Waals surface area contributed by atoms with Gasteiger partial charge in [-0.2, -0.15) is 0 Å². The quantitative estimate of drug-likeness (QED) is 0.925. The maximum absolute atomic E-state index is 13.1. The minimum atomic E-state index is -0.413. The number of thiazole rings is 1. The number of hydrogen-bond acceptors (Lipinski definition) is 3. The van der Waals surface area contributed by atoms with E-state index < -0.39 is 5.82 Å². The SMILES string of the molecule is CCC(N)Cc1nc(-c2ccc(F)c(Cl)c2)cs1. The number of hydrogen-bond donors (Lipinski definition) is 1. The van der Waals surface area contributed by atoms with Gasteiger partial charge < -0.3 is 5.73 Å². The number of nitrogens with two attached hydrogens (primary N) is 1. The van der Waals surface area contributed by atoms with Crippen molar-refractivity contribution in [2.45, 2.75) is 25.8 Å². The molecule has 18 heavy (non-hydrogen) atoms. The normalized spacial score (nSPS) is 12.7. The predicted molar refractivity (Wildman–Crippen MR) is 74.5 cm³/mol. The highest BCUT2D eigenvalue weighted by Gasteiger charge is 2.09. The van der Waals surface area contributed by atoms with Gasteiger partial charge in [0.2, 0.25) is 0 Å². The second kappa shape index (κ2) is 5.78. The summed E-state index contributed by atoms with van der Waals surface area (Å²) in [6.07, 6.45) is 1.70. The Kier molecular flexibility index (Phi) is 4.32. The Morgan fingerprint density at radius 2 is 2.28 bits per heavy atom. The first-order valence-electron chi connectivity index (χ1n) is 5.75. The summed E-state index contributed by atoms with van der Waals surface area (Å²) in [5, 5.41) is 3.06. The molecule has 1 aromatic heterocycles. The number of benzene rings is 1. The average Bonchev–Trinajstić information content (AvgIpc) is 2.81. The predicted octanol–water partition coefficient (Wildman–Crippen LogP) is 3.88. The van der Waals surface area contributed by atoms with Gasteiger partial charge in [-0.1, -0.05) is 18.5 Å². The number of nitrogens with zero attached hydrogens (tertiary/aromatic N) is 1. The molecule has 0 amide bonds. The molecule has 0 aliphatic carbocycles. The summed E-state index contributed by atoms with van der Waals surface area (Å²) in [5.41, 5.74) is 7.54. The van der Waals surface area contributed by atoms with Gasteiger partial charge in [-0.3, -0.25) is 0 Å². The summed E-state index contributed by atoms with van der Waals surface area (Å²) >= 11 is 7.33. The summed E-state index contributed by atoms with van der Waals surface area (Å²) in [7, 11) is 0. The Morgan fingerprint density at radius 1 is 1.50 bits per heavy atom. The van der Waals surface area contributed by atoms with Crippen LogP contribution in [0.2, 0.25) is 5.02 Å². The third-order valence-electron chi connectivity index (χ3n) is 2.73. The van der Waals surface area contributed by atoms with Crippen LogP contribution < -0.4 is 5.73 Å². The molecule has 1 unspecified atom stereocenters. The Hall–Kier alpha value is -0.970. The molecule has 2 N–H and O–H groups in total. The lowest BCUT2D eigenvalue weighted by molar-refractivity contribution is 0.628. The molecule has 2 nitrogen and oxygen atoms in total. The van der Waals surface area contributed by atoms with Crippen molar-refractivity contribution in [3.05, 3.63) is 39.4 Å². The topological polar surface area (TPSA) is 38.9 Å². The first kappa shape index (κ1) is 13.5. The van der Waals surface area contributed by atoms with Gasteiger partial charge >= 0.3 is 0 Å². The zero-order chi connectivity index (χ0) is 13.1. The minimum absolute atomic E-state index is 0.118. The molecule has 1 aromatic carbocycles. The van der Waals surface area contributed by atoms with E-state index in [1.807, 2.05) is 5.38 Å². The largest absolute Gasteiger partial charge is 0.327 e. The van der Waals surface area contributed by atoms with Gasteiger partial charge in [0.15, 0.2) is 0 Å². The Balaban J connectivity index is 2.21. The smallest absolute Gasteiger partial charge is 0.141 e. The Labute approximate surface area is 115 Å². The van der Waals surface area contributed by atoms with Gasteiger partial charge in [-0.15, -0.1) is 11.3 Å². The molecular weight excluding hydrogens is 271 g/mol. The summed E-state index contributed by atoms with van der Waals surface area (Å²) < 4.78 is 13.1. The van der Waals surface area contributed by atoms with Crippen molar-refractivity contribution in [1.82, 2.24) is 4.98 Å². The van der Waals surface area contributed by atoms with Gasteiger partial charge in [0.05, 0.1) is 15.7 Å². The third-order valence-corrected chi connectivity index (χ3v) is 3.89. The van der Waals surface area contributed by atoms with Crippen LogP contribution in [0.5, 0.6) is 0 Å². The summed E-state index contributed by atoms with van der Waals surface area (Å²) in [5.74, 6) is -0.413. The monoisotopic (exact) mass is 284 g/mol. The molecule has 0 saturated carbocycles. The zero-order valence-electron chi connectivity index (χ0n) is 9.99.